The summed E-state index contributed by atoms with van der Waals surface area (Å²) in [5.41, 5.74) is -0.280. The second kappa shape index (κ2) is 17.3. The first-order valence-corrected chi connectivity index (χ1v) is 15.5. The smallest absolute Gasteiger partial charge is 0.374 e. The van der Waals surface area contributed by atoms with Gasteiger partial charge in [0.1, 0.15) is 6.04 Å². The van der Waals surface area contributed by atoms with Crippen molar-refractivity contribution in [3.05, 3.63) is 34.9 Å². The highest BCUT2D eigenvalue weighted by molar-refractivity contribution is 6.47. The van der Waals surface area contributed by atoms with Crippen LogP contribution in [0.15, 0.2) is 24.3 Å². The molecule has 44 heavy (non-hydrogen) atoms. The molecule has 0 saturated heterocycles. The van der Waals surface area contributed by atoms with E-state index < -0.39 is 53.0 Å². The standard InChI is InChI=1S/C31H45BClN4O7/c1-5-10-22(25(40)30(43)44)35-29(42)27(32-23(38)17-21(34)19-13-9-14-20(33)16-19)37-28(41)26(31(2,3)4)36-24(39)15-18-11-7-6-8-12-18/h9,13-14,16,18,22-23,26-27,34,38H,5-8,10-12,15,17H2,1-4H3,(H,35,42)(H,36,39)(H,37,41)(H,43,44). The fraction of sp³-hybridized carbons (Fsp3) is 0.613. The topological polar surface area (TPSA) is 186 Å². The third-order valence-corrected chi connectivity index (χ3v) is 7.87. The summed E-state index contributed by atoms with van der Waals surface area (Å²) >= 11 is 6.02. The van der Waals surface area contributed by atoms with Crippen LogP contribution in [0.1, 0.15) is 91.0 Å². The van der Waals surface area contributed by atoms with Crippen LogP contribution in [0.2, 0.25) is 5.02 Å². The Morgan fingerprint density at radius 2 is 1.70 bits per heavy atom. The SMILES string of the molecule is CCCC(NC(=O)C([B]C(O)CC(=N)c1cccc(Cl)c1)NC(=O)C(NC(=O)CC1CCCCC1)C(C)(C)C)C(=O)C(=O)O. The molecule has 6 N–H and O–H groups in total. The Labute approximate surface area is 265 Å². The summed E-state index contributed by atoms with van der Waals surface area (Å²) in [5, 5.41) is 36.6. The highest BCUT2D eigenvalue weighted by atomic mass is 35.5. The average molecular weight is 632 g/mol. The minimum absolute atomic E-state index is 0.0224. The quantitative estimate of drug-likeness (QED) is 0.0919. The number of rotatable bonds is 16. The predicted octanol–water partition coefficient (Wildman–Crippen LogP) is 3.00. The van der Waals surface area contributed by atoms with E-state index in [0.29, 0.717) is 17.0 Å². The number of halogens is 1. The molecule has 0 bridgehead atoms. The van der Waals surface area contributed by atoms with Crippen LogP contribution in [0, 0.1) is 16.7 Å². The Hall–Kier alpha value is -3.25. The first kappa shape index (κ1) is 36.9. The zero-order valence-corrected chi connectivity index (χ0v) is 26.7. The molecule has 4 unspecified atom stereocenters. The molecule has 0 aliphatic heterocycles. The Kier molecular flexibility index (Phi) is 14.5. The molecule has 241 valence electrons. The normalized spacial score (nSPS) is 16.5. The molecule has 0 aromatic heterocycles. The molecule has 1 aromatic rings. The van der Waals surface area contributed by atoms with Crippen LogP contribution in [-0.4, -0.2) is 76.7 Å². The molecule has 3 amide bonds. The minimum Gasteiger partial charge on any atom is -0.475 e. The number of Topliss-reactive ketones (excluding diaryl/α,β-unsaturated/α-hetero) is 1. The molecule has 4 atom stereocenters. The fourth-order valence-corrected chi connectivity index (χ4v) is 5.44. The van der Waals surface area contributed by atoms with Gasteiger partial charge in [0.25, 0.3) is 5.78 Å². The Balaban J connectivity index is 2.26. The van der Waals surface area contributed by atoms with Gasteiger partial charge in [-0.3, -0.25) is 19.2 Å². The van der Waals surface area contributed by atoms with E-state index in [-0.39, 0.29) is 36.8 Å². The second-order valence-corrected chi connectivity index (χ2v) is 13.0. The maximum absolute atomic E-state index is 13.6. The number of carboxylic acids is 1. The van der Waals surface area contributed by atoms with E-state index in [2.05, 4.69) is 16.0 Å². The zero-order valence-electron chi connectivity index (χ0n) is 26.0. The molecule has 1 aromatic carbocycles. The van der Waals surface area contributed by atoms with Gasteiger partial charge < -0.3 is 31.6 Å². The summed E-state index contributed by atoms with van der Waals surface area (Å²) < 4.78 is 0. The first-order chi connectivity index (χ1) is 20.6. The number of amides is 3. The van der Waals surface area contributed by atoms with Crippen molar-refractivity contribution in [2.45, 2.75) is 110 Å². The summed E-state index contributed by atoms with van der Waals surface area (Å²) in [4.78, 5) is 63.6. The average Bonchev–Trinajstić information content (AvgIpc) is 2.94. The van der Waals surface area contributed by atoms with E-state index in [4.69, 9.17) is 17.0 Å². The van der Waals surface area contributed by atoms with Crippen LogP contribution < -0.4 is 16.0 Å². The first-order valence-electron chi connectivity index (χ1n) is 15.2. The molecule has 0 heterocycles. The summed E-state index contributed by atoms with van der Waals surface area (Å²) in [6.45, 7) is 7.01. The number of benzene rings is 1. The van der Waals surface area contributed by atoms with Gasteiger partial charge in [-0.05, 0) is 48.3 Å². The molecule has 13 heteroatoms. The number of carbonyl (C=O) groups excluding carboxylic acids is 4. The maximum Gasteiger partial charge on any atom is 0.374 e. The zero-order chi connectivity index (χ0) is 33.0. The van der Waals surface area contributed by atoms with Gasteiger partial charge in [-0.25, -0.2) is 4.79 Å². The molecule has 11 nitrogen and oxygen atoms in total. The largest absolute Gasteiger partial charge is 0.475 e. The Morgan fingerprint density at radius 3 is 2.27 bits per heavy atom. The van der Waals surface area contributed by atoms with Crippen molar-refractivity contribution in [3.63, 3.8) is 0 Å². The number of nitrogens with one attached hydrogen (secondary N) is 4. The number of hydrogen-bond acceptors (Lipinski definition) is 7. The third-order valence-electron chi connectivity index (χ3n) is 7.63. The lowest BCUT2D eigenvalue weighted by Crippen LogP contribution is -2.61. The van der Waals surface area contributed by atoms with Crippen LogP contribution in [0.4, 0.5) is 0 Å². The van der Waals surface area contributed by atoms with E-state index in [1.54, 1.807) is 52.0 Å². The van der Waals surface area contributed by atoms with Crippen LogP contribution >= 0.6 is 11.6 Å². The van der Waals surface area contributed by atoms with Gasteiger partial charge in [-0.15, -0.1) is 0 Å². The molecule has 1 saturated carbocycles. The lowest BCUT2D eigenvalue weighted by Gasteiger charge is -2.33. The van der Waals surface area contributed by atoms with Gasteiger partial charge in [0.2, 0.25) is 17.7 Å². The van der Waals surface area contributed by atoms with Gasteiger partial charge in [0.15, 0.2) is 7.28 Å². The Bertz CT molecular complexity index is 1200. The summed E-state index contributed by atoms with van der Waals surface area (Å²) in [7, 11) is 1.12. The predicted molar refractivity (Wildman–Crippen MR) is 169 cm³/mol. The van der Waals surface area contributed by atoms with Crippen LogP contribution in [0.3, 0.4) is 0 Å². The molecule has 1 aliphatic rings. The van der Waals surface area contributed by atoms with Gasteiger partial charge in [0, 0.05) is 29.6 Å². The molecule has 2 rings (SSSR count). The van der Waals surface area contributed by atoms with Crippen molar-refractivity contribution < 1.29 is 34.2 Å². The van der Waals surface area contributed by atoms with Crippen molar-refractivity contribution >= 4 is 54.1 Å². The molecular weight excluding hydrogens is 587 g/mol. The molecular formula is C31H45BClN4O7. The lowest BCUT2D eigenvalue weighted by atomic mass is 9.61. The fourth-order valence-electron chi connectivity index (χ4n) is 5.25. The lowest BCUT2D eigenvalue weighted by molar-refractivity contribution is -0.150. The number of carboxylic acid groups (broad SMARTS) is 1. The van der Waals surface area contributed by atoms with Crippen molar-refractivity contribution in [3.8, 4) is 0 Å². The summed E-state index contributed by atoms with van der Waals surface area (Å²) in [6, 6.07) is 2.70. The van der Waals surface area contributed by atoms with Gasteiger partial charge in [-0.1, -0.05) is 77.1 Å². The van der Waals surface area contributed by atoms with E-state index in [1.165, 1.54) is 0 Å². The van der Waals surface area contributed by atoms with Crippen molar-refractivity contribution in [1.82, 2.24) is 16.0 Å². The van der Waals surface area contributed by atoms with Crippen LogP contribution in [-0.2, 0) is 24.0 Å². The number of aliphatic hydroxyl groups excluding tert-OH is 1. The van der Waals surface area contributed by atoms with E-state index in [9.17, 15) is 34.2 Å². The van der Waals surface area contributed by atoms with Crippen LogP contribution in [0.5, 0.6) is 0 Å². The minimum atomic E-state index is -1.71. The summed E-state index contributed by atoms with van der Waals surface area (Å²) in [5.74, 6) is -6.09. The number of hydrogen-bond donors (Lipinski definition) is 6. The molecule has 1 fully saturated rings. The van der Waals surface area contributed by atoms with E-state index >= 15 is 0 Å². The van der Waals surface area contributed by atoms with Gasteiger partial charge in [-0.2, -0.15) is 0 Å². The maximum atomic E-state index is 13.6. The van der Waals surface area contributed by atoms with Crippen LogP contribution in [0.25, 0.3) is 0 Å². The molecule has 1 radical (unpaired) electrons. The van der Waals surface area contributed by atoms with Crippen molar-refractivity contribution in [2.75, 3.05) is 0 Å². The third kappa shape index (κ3) is 12.0. The monoisotopic (exact) mass is 631 g/mol. The second-order valence-electron chi connectivity index (χ2n) is 12.5. The number of ketones is 1. The van der Waals surface area contributed by atoms with E-state index in [0.717, 1.165) is 39.4 Å². The summed E-state index contributed by atoms with van der Waals surface area (Å²) in [6.07, 6.45) is 5.67. The number of aliphatic carboxylic acids is 1. The van der Waals surface area contributed by atoms with E-state index in [1.807, 2.05) is 0 Å². The van der Waals surface area contributed by atoms with Crippen molar-refractivity contribution in [2.24, 2.45) is 11.3 Å². The van der Waals surface area contributed by atoms with Gasteiger partial charge in [0.05, 0.1) is 12.0 Å². The number of carbonyl (C=O) groups is 5. The van der Waals surface area contributed by atoms with Gasteiger partial charge >= 0.3 is 5.97 Å². The Morgan fingerprint density at radius 1 is 1.05 bits per heavy atom. The van der Waals surface area contributed by atoms with Crippen molar-refractivity contribution in [1.29, 1.82) is 5.41 Å². The highest BCUT2D eigenvalue weighted by Crippen LogP contribution is 2.27. The highest BCUT2D eigenvalue weighted by Gasteiger charge is 2.37. The molecule has 0 spiro atoms. The number of aliphatic hydroxyl groups is 1. The molecule has 1 aliphatic carbocycles.